The lowest BCUT2D eigenvalue weighted by atomic mass is 9.88. The van der Waals surface area contributed by atoms with Gasteiger partial charge in [0.25, 0.3) is 0 Å². The number of nitrogens with zero attached hydrogens (tertiary/aromatic N) is 2. The fraction of sp³-hybridized carbons (Fsp3) is 0.125. The SMILES string of the molecule is O=C(Nc1nc(-c2ccc(CN[SH](=O)=O)cc2)c(Cl)s1)N(CCC(c1ccccc1)c1ccccc1)c1ccccc1F. The van der Waals surface area contributed by atoms with E-state index in [1.165, 1.54) is 11.0 Å². The van der Waals surface area contributed by atoms with Gasteiger partial charge in [-0.05, 0) is 35.2 Å². The standard InChI is InChI=1S/C32H28ClFN4O3S2/c33-30-29(25-17-15-22(16-18-25)21-35-43(40)41)36-31(42-30)37-32(39)38(28-14-8-7-13-27(28)34)20-19-26(23-9-3-1-4-10-23)24-11-5-2-6-12-24/h1-18,26,43H,19-21H2,(H,35,40,41)(H,36,37,39). The second-order valence-corrected chi connectivity index (χ2v) is 12.1. The zero-order chi connectivity index (χ0) is 30.2. The molecule has 0 saturated heterocycles. The molecule has 0 atom stereocenters. The molecular weight excluding hydrogens is 607 g/mol. The maximum Gasteiger partial charge on any atom is 0.328 e. The minimum Gasteiger partial charge on any atom is -0.291 e. The van der Waals surface area contributed by atoms with Crippen molar-refractivity contribution in [2.75, 3.05) is 16.8 Å². The van der Waals surface area contributed by atoms with E-state index in [0.717, 1.165) is 28.0 Å². The molecule has 2 N–H and O–H groups in total. The van der Waals surface area contributed by atoms with Crippen molar-refractivity contribution in [3.8, 4) is 11.3 Å². The third kappa shape index (κ3) is 7.85. The van der Waals surface area contributed by atoms with Gasteiger partial charge in [0.2, 0.25) is 10.9 Å². The lowest BCUT2D eigenvalue weighted by Gasteiger charge is -2.26. The van der Waals surface area contributed by atoms with Gasteiger partial charge in [-0.15, -0.1) is 0 Å². The first-order valence-corrected chi connectivity index (χ1v) is 15.8. The van der Waals surface area contributed by atoms with E-state index in [-0.39, 0.29) is 29.8 Å². The first-order valence-electron chi connectivity index (χ1n) is 13.5. The van der Waals surface area contributed by atoms with Crippen molar-refractivity contribution in [1.82, 2.24) is 9.71 Å². The number of amides is 2. The zero-order valence-corrected chi connectivity index (χ0v) is 25.3. The van der Waals surface area contributed by atoms with Crippen LogP contribution in [0.1, 0.15) is 29.0 Å². The molecule has 5 rings (SSSR count). The Hall–Kier alpha value is -4.09. The van der Waals surface area contributed by atoms with Crippen LogP contribution >= 0.6 is 22.9 Å². The van der Waals surface area contributed by atoms with Crippen molar-refractivity contribution in [3.05, 3.63) is 136 Å². The highest BCUT2D eigenvalue weighted by molar-refractivity contribution is 7.70. The molecule has 1 aromatic heterocycles. The Balaban J connectivity index is 1.37. The summed E-state index contributed by atoms with van der Waals surface area (Å²) in [5, 5.41) is 3.08. The number of carbonyl (C=O) groups excluding carboxylic acids is 1. The van der Waals surface area contributed by atoms with E-state index in [1.807, 2.05) is 36.4 Å². The molecule has 220 valence electrons. The van der Waals surface area contributed by atoms with Crippen molar-refractivity contribution >= 4 is 50.7 Å². The highest BCUT2D eigenvalue weighted by Gasteiger charge is 2.24. The maximum absolute atomic E-state index is 15.0. The Labute approximate surface area is 260 Å². The molecule has 4 aromatic carbocycles. The first-order chi connectivity index (χ1) is 20.9. The topological polar surface area (TPSA) is 91.4 Å². The van der Waals surface area contributed by atoms with Crippen molar-refractivity contribution in [1.29, 1.82) is 0 Å². The van der Waals surface area contributed by atoms with Crippen LogP contribution in [0.3, 0.4) is 0 Å². The van der Waals surface area contributed by atoms with Crippen molar-refractivity contribution in [3.63, 3.8) is 0 Å². The Kier molecular flexibility index (Phi) is 10.2. The van der Waals surface area contributed by atoms with E-state index >= 15 is 4.39 Å². The highest BCUT2D eigenvalue weighted by atomic mass is 35.5. The summed E-state index contributed by atoms with van der Waals surface area (Å²) in [6.45, 7) is 0.407. The number of aromatic nitrogens is 1. The zero-order valence-electron chi connectivity index (χ0n) is 22.8. The maximum atomic E-state index is 15.0. The van der Waals surface area contributed by atoms with Gasteiger partial charge in [0, 0.05) is 24.6 Å². The van der Waals surface area contributed by atoms with Gasteiger partial charge in [-0.2, -0.15) is 0 Å². The van der Waals surface area contributed by atoms with Gasteiger partial charge >= 0.3 is 6.03 Å². The van der Waals surface area contributed by atoms with Gasteiger partial charge in [0.05, 0.1) is 5.69 Å². The number of thiol groups is 1. The Bertz CT molecular complexity index is 1700. The largest absolute Gasteiger partial charge is 0.328 e. The van der Waals surface area contributed by atoms with Crippen LogP contribution in [0.5, 0.6) is 0 Å². The lowest BCUT2D eigenvalue weighted by Crippen LogP contribution is -2.37. The lowest BCUT2D eigenvalue weighted by molar-refractivity contribution is 0.256. The predicted molar refractivity (Wildman–Crippen MR) is 172 cm³/mol. The quantitative estimate of drug-likeness (QED) is 0.131. The average molecular weight is 635 g/mol. The van der Waals surface area contributed by atoms with Crippen LogP contribution in [-0.2, 0) is 17.4 Å². The molecular formula is C32H28ClFN4O3S2. The number of halogens is 2. The number of benzene rings is 4. The number of hydrogen-bond donors (Lipinski definition) is 3. The second-order valence-electron chi connectivity index (χ2n) is 9.63. The third-order valence-electron chi connectivity index (χ3n) is 6.87. The van der Waals surface area contributed by atoms with Gasteiger partial charge < -0.3 is 0 Å². The second kappa shape index (κ2) is 14.4. The van der Waals surface area contributed by atoms with Gasteiger partial charge in [0.15, 0.2) is 5.13 Å². The number of carbonyl (C=O) groups is 1. The van der Waals surface area contributed by atoms with Crippen LogP contribution in [0.2, 0.25) is 4.34 Å². The van der Waals surface area contributed by atoms with Crippen LogP contribution in [0.25, 0.3) is 11.3 Å². The first kappa shape index (κ1) is 30.4. The Morgan fingerprint density at radius 3 is 2.09 bits per heavy atom. The predicted octanol–water partition coefficient (Wildman–Crippen LogP) is 7.48. The van der Waals surface area contributed by atoms with E-state index in [9.17, 15) is 13.2 Å². The van der Waals surface area contributed by atoms with E-state index in [0.29, 0.717) is 22.0 Å². The van der Waals surface area contributed by atoms with Crippen LogP contribution in [0.4, 0.5) is 20.0 Å². The summed E-state index contributed by atoms with van der Waals surface area (Å²) in [5.41, 5.74) is 4.31. The number of urea groups is 1. The van der Waals surface area contributed by atoms with Crippen LogP contribution in [-0.4, -0.2) is 26.0 Å². The van der Waals surface area contributed by atoms with E-state index in [2.05, 4.69) is 39.3 Å². The number of anilines is 2. The third-order valence-corrected chi connectivity index (χ3v) is 8.46. The molecule has 0 fully saturated rings. The fourth-order valence-electron chi connectivity index (χ4n) is 4.78. The molecule has 0 aliphatic heterocycles. The monoisotopic (exact) mass is 634 g/mol. The molecule has 0 radical (unpaired) electrons. The van der Waals surface area contributed by atoms with Gasteiger partial charge in [0.1, 0.15) is 15.8 Å². The summed E-state index contributed by atoms with van der Waals surface area (Å²) in [5.74, 6) is -0.527. The molecule has 0 unspecified atom stereocenters. The average Bonchev–Trinajstić information content (AvgIpc) is 3.39. The van der Waals surface area contributed by atoms with E-state index in [1.54, 1.807) is 42.5 Å². The van der Waals surface area contributed by atoms with Crippen LogP contribution < -0.4 is 14.9 Å². The normalized spacial score (nSPS) is 11.2. The van der Waals surface area contributed by atoms with Gasteiger partial charge in [-0.25, -0.2) is 27.3 Å². The van der Waals surface area contributed by atoms with Crippen molar-refractivity contribution < 1.29 is 17.6 Å². The van der Waals surface area contributed by atoms with E-state index < -0.39 is 22.7 Å². The molecule has 0 aliphatic rings. The number of thiazole rings is 1. The summed E-state index contributed by atoms with van der Waals surface area (Å²) < 4.78 is 39.4. The minimum absolute atomic E-state index is 0.0159. The molecule has 2 amide bonds. The summed E-state index contributed by atoms with van der Waals surface area (Å²) in [4.78, 5) is 19.6. The summed E-state index contributed by atoms with van der Waals surface area (Å²) in [6.07, 6.45) is 0.543. The molecule has 0 saturated carbocycles. The molecule has 5 aromatic rings. The minimum atomic E-state index is -2.69. The van der Waals surface area contributed by atoms with Crippen LogP contribution in [0, 0.1) is 5.82 Å². The number of nitrogens with one attached hydrogen (secondary N) is 2. The molecule has 11 heteroatoms. The van der Waals surface area contributed by atoms with Crippen molar-refractivity contribution in [2.24, 2.45) is 0 Å². The van der Waals surface area contributed by atoms with Gasteiger partial charge in [-0.1, -0.05) is 120 Å². The molecule has 0 aliphatic carbocycles. The fourth-order valence-corrected chi connectivity index (χ4v) is 6.17. The summed E-state index contributed by atoms with van der Waals surface area (Å²) in [7, 11) is -2.69. The smallest absolute Gasteiger partial charge is 0.291 e. The van der Waals surface area contributed by atoms with Crippen molar-refractivity contribution in [2.45, 2.75) is 18.9 Å². The molecule has 7 nitrogen and oxygen atoms in total. The van der Waals surface area contributed by atoms with Gasteiger partial charge in [-0.3, -0.25) is 10.2 Å². The molecule has 1 heterocycles. The Morgan fingerprint density at radius 1 is 0.884 bits per heavy atom. The molecule has 0 spiro atoms. The number of rotatable bonds is 11. The summed E-state index contributed by atoms with van der Waals surface area (Å²) in [6, 6.07) is 32.8. The Morgan fingerprint density at radius 2 is 1.49 bits per heavy atom. The molecule has 43 heavy (non-hydrogen) atoms. The van der Waals surface area contributed by atoms with E-state index in [4.69, 9.17) is 11.6 Å². The van der Waals surface area contributed by atoms with Crippen LogP contribution in [0.15, 0.2) is 109 Å². The number of para-hydroxylation sites is 1. The summed E-state index contributed by atoms with van der Waals surface area (Å²) >= 11 is 7.60. The highest BCUT2D eigenvalue weighted by Crippen LogP contribution is 2.36. The molecule has 0 bridgehead atoms. The number of hydrogen-bond acceptors (Lipinski definition) is 5.